The molecular weight excluding hydrogens is 413 g/mol. The predicted molar refractivity (Wildman–Crippen MR) is 110 cm³/mol. The first-order valence-corrected chi connectivity index (χ1v) is 9.34. The molecule has 0 radical (unpaired) electrons. The quantitative estimate of drug-likeness (QED) is 0.567. The highest BCUT2D eigenvalue weighted by molar-refractivity contribution is 6.36. The number of aryl methyl sites for hydroxylation is 1. The SMILES string of the molecule is Cc1oc(-c2ccccc2)nc1CC(=O)C(C#N)C(=O)Nc1ccc(Cl)cc1Cl. The van der Waals surface area contributed by atoms with Gasteiger partial charge in [-0.25, -0.2) is 4.98 Å². The second-order valence-corrected chi connectivity index (χ2v) is 7.05. The number of benzene rings is 2. The van der Waals surface area contributed by atoms with Crippen molar-refractivity contribution in [3.8, 4) is 17.5 Å². The van der Waals surface area contributed by atoms with Crippen molar-refractivity contribution < 1.29 is 14.0 Å². The average Bonchev–Trinajstić information content (AvgIpc) is 3.06. The fourth-order valence-electron chi connectivity index (χ4n) is 2.64. The van der Waals surface area contributed by atoms with Gasteiger partial charge in [-0.05, 0) is 37.3 Å². The average molecular weight is 428 g/mol. The van der Waals surface area contributed by atoms with E-state index in [4.69, 9.17) is 27.6 Å². The van der Waals surface area contributed by atoms with Gasteiger partial charge in [0, 0.05) is 10.6 Å². The molecule has 1 atom stereocenters. The van der Waals surface area contributed by atoms with Crippen LogP contribution in [-0.4, -0.2) is 16.7 Å². The Kier molecular flexibility index (Phi) is 6.32. The number of rotatable bonds is 6. The molecule has 0 aliphatic heterocycles. The normalized spacial score (nSPS) is 11.5. The minimum atomic E-state index is -1.52. The molecule has 6 nitrogen and oxygen atoms in total. The lowest BCUT2D eigenvalue weighted by atomic mass is 10.00. The number of carbonyl (C=O) groups is 2. The molecule has 1 heterocycles. The molecule has 0 aliphatic rings. The van der Waals surface area contributed by atoms with Crippen LogP contribution in [0.2, 0.25) is 10.0 Å². The van der Waals surface area contributed by atoms with Crippen molar-refractivity contribution in [2.45, 2.75) is 13.3 Å². The Morgan fingerprint density at radius 1 is 1.21 bits per heavy atom. The van der Waals surface area contributed by atoms with Crippen LogP contribution in [0.4, 0.5) is 5.69 Å². The van der Waals surface area contributed by atoms with Gasteiger partial charge in [0.05, 0.1) is 28.9 Å². The third-order valence-corrected chi connectivity index (χ3v) is 4.71. The first-order chi connectivity index (χ1) is 13.9. The van der Waals surface area contributed by atoms with Crippen LogP contribution >= 0.6 is 23.2 Å². The fourth-order valence-corrected chi connectivity index (χ4v) is 3.09. The number of hydrogen-bond donors (Lipinski definition) is 1. The Morgan fingerprint density at radius 3 is 2.59 bits per heavy atom. The minimum Gasteiger partial charge on any atom is -0.441 e. The summed E-state index contributed by atoms with van der Waals surface area (Å²) in [6, 6.07) is 15.4. The zero-order chi connectivity index (χ0) is 21.0. The highest BCUT2D eigenvalue weighted by Crippen LogP contribution is 2.26. The molecule has 0 aliphatic carbocycles. The van der Waals surface area contributed by atoms with Crippen molar-refractivity contribution in [3.63, 3.8) is 0 Å². The summed E-state index contributed by atoms with van der Waals surface area (Å²) in [7, 11) is 0. The summed E-state index contributed by atoms with van der Waals surface area (Å²) in [6.45, 7) is 1.68. The van der Waals surface area contributed by atoms with E-state index in [2.05, 4.69) is 10.3 Å². The van der Waals surface area contributed by atoms with Gasteiger partial charge in [-0.1, -0.05) is 41.4 Å². The van der Waals surface area contributed by atoms with Crippen molar-refractivity contribution in [1.29, 1.82) is 5.26 Å². The number of carbonyl (C=O) groups excluding carboxylic acids is 2. The molecule has 1 unspecified atom stereocenters. The molecule has 1 amide bonds. The van der Waals surface area contributed by atoms with E-state index >= 15 is 0 Å². The van der Waals surface area contributed by atoms with Crippen LogP contribution in [0.3, 0.4) is 0 Å². The Labute approximate surface area is 177 Å². The largest absolute Gasteiger partial charge is 0.441 e. The zero-order valence-corrected chi connectivity index (χ0v) is 16.8. The van der Waals surface area contributed by atoms with Gasteiger partial charge in [-0.15, -0.1) is 0 Å². The van der Waals surface area contributed by atoms with E-state index in [1.54, 1.807) is 13.0 Å². The van der Waals surface area contributed by atoms with E-state index in [9.17, 15) is 14.9 Å². The van der Waals surface area contributed by atoms with Crippen LogP contribution in [0.5, 0.6) is 0 Å². The van der Waals surface area contributed by atoms with Crippen molar-refractivity contribution in [1.82, 2.24) is 4.98 Å². The Bertz CT molecular complexity index is 1100. The van der Waals surface area contributed by atoms with E-state index in [0.29, 0.717) is 22.4 Å². The maximum atomic E-state index is 12.6. The first kappa shape index (κ1) is 20.6. The van der Waals surface area contributed by atoms with E-state index in [-0.39, 0.29) is 17.1 Å². The van der Waals surface area contributed by atoms with E-state index in [0.717, 1.165) is 5.56 Å². The van der Waals surface area contributed by atoms with Gasteiger partial charge in [0.15, 0.2) is 11.7 Å². The minimum absolute atomic E-state index is 0.204. The third kappa shape index (κ3) is 4.83. The number of ketones is 1. The Balaban J connectivity index is 1.74. The second kappa shape index (κ2) is 8.91. The number of nitrogens with zero attached hydrogens (tertiary/aromatic N) is 2. The number of anilines is 1. The molecule has 29 heavy (non-hydrogen) atoms. The summed E-state index contributed by atoms with van der Waals surface area (Å²) in [5.41, 5.74) is 1.41. The molecular formula is C21H15Cl2N3O3. The molecule has 1 aromatic heterocycles. The maximum Gasteiger partial charge on any atom is 0.249 e. The van der Waals surface area contributed by atoms with Gasteiger partial charge < -0.3 is 9.73 Å². The fraction of sp³-hybridized carbons (Fsp3) is 0.143. The van der Waals surface area contributed by atoms with Gasteiger partial charge >= 0.3 is 0 Å². The van der Waals surface area contributed by atoms with Gasteiger partial charge in [-0.2, -0.15) is 5.26 Å². The standard InChI is InChI=1S/C21H15Cl2N3O3/c1-12-18(26-21(29-12)13-5-3-2-4-6-13)10-19(27)15(11-24)20(28)25-17-8-7-14(22)9-16(17)23/h2-9,15H,10H2,1H3,(H,25,28). The van der Waals surface area contributed by atoms with Gasteiger partial charge in [-0.3, -0.25) is 9.59 Å². The smallest absolute Gasteiger partial charge is 0.249 e. The number of nitrogens with one attached hydrogen (secondary N) is 1. The van der Waals surface area contributed by atoms with E-state index in [1.165, 1.54) is 18.2 Å². The van der Waals surface area contributed by atoms with Crippen LogP contribution < -0.4 is 5.32 Å². The summed E-state index contributed by atoms with van der Waals surface area (Å²) < 4.78 is 5.62. The van der Waals surface area contributed by atoms with Crippen LogP contribution in [-0.2, 0) is 16.0 Å². The number of Topliss-reactive ketones (excluding diaryl/α,β-unsaturated/α-hetero) is 1. The molecule has 0 bridgehead atoms. The highest BCUT2D eigenvalue weighted by Gasteiger charge is 2.28. The third-order valence-electron chi connectivity index (χ3n) is 4.16. The number of hydrogen-bond acceptors (Lipinski definition) is 5. The van der Waals surface area contributed by atoms with E-state index in [1.807, 2.05) is 30.3 Å². The topological polar surface area (TPSA) is 96.0 Å². The van der Waals surface area contributed by atoms with Crippen molar-refractivity contribution in [2.24, 2.45) is 5.92 Å². The van der Waals surface area contributed by atoms with Crippen LogP contribution in [0.1, 0.15) is 11.5 Å². The first-order valence-electron chi connectivity index (χ1n) is 8.59. The molecule has 8 heteroatoms. The Hall–Kier alpha value is -3.14. The number of oxazole rings is 1. The van der Waals surface area contributed by atoms with Crippen molar-refractivity contribution in [2.75, 3.05) is 5.32 Å². The summed E-state index contributed by atoms with van der Waals surface area (Å²) in [4.78, 5) is 29.4. The molecule has 0 saturated carbocycles. The summed E-state index contributed by atoms with van der Waals surface area (Å²) >= 11 is 11.8. The second-order valence-electron chi connectivity index (χ2n) is 6.21. The molecule has 0 saturated heterocycles. The highest BCUT2D eigenvalue weighted by atomic mass is 35.5. The molecule has 146 valence electrons. The van der Waals surface area contributed by atoms with Crippen molar-refractivity contribution in [3.05, 3.63) is 70.0 Å². The van der Waals surface area contributed by atoms with Gasteiger partial charge in [0.25, 0.3) is 0 Å². The lowest BCUT2D eigenvalue weighted by Crippen LogP contribution is -2.30. The number of amides is 1. The Morgan fingerprint density at radius 2 is 1.93 bits per heavy atom. The monoisotopic (exact) mass is 427 g/mol. The van der Waals surface area contributed by atoms with Crippen LogP contribution in [0.15, 0.2) is 52.9 Å². The van der Waals surface area contributed by atoms with Gasteiger partial charge in [0.2, 0.25) is 11.8 Å². The zero-order valence-electron chi connectivity index (χ0n) is 15.3. The van der Waals surface area contributed by atoms with Crippen molar-refractivity contribution >= 4 is 40.6 Å². The van der Waals surface area contributed by atoms with E-state index < -0.39 is 17.6 Å². The molecule has 0 spiro atoms. The lowest BCUT2D eigenvalue weighted by molar-refractivity contribution is -0.128. The number of aromatic nitrogens is 1. The maximum absolute atomic E-state index is 12.6. The summed E-state index contributed by atoms with van der Waals surface area (Å²) in [5, 5.41) is 12.4. The number of nitriles is 1. The number of halogens is 2. The summed E-state index contributed by atoms with van der Waals surface area (Å²) in [5.74, 6) is -2.05. The lowest BCUT2D eigenvalue weighted by Gasteiger charge is -2.10. The molecule has 3 aromatic rings. The molecule has 3 rings (SSSR count). The molecule has 2 aromatic carbocycles. The summed E-state index contributed by atoms with van der Waals surface area (Å²) in [6.07, 6.45) is -0.206. The molecule has 1 N–H and O–H groups in total. The van der Waals surface area contributed by atoms with Crippen LogP contribution in [0.25, 0.3) is 11.5 Å². The molecule has 0 fully saturated rings. The predicted octanol–water partition coefficient (Wildman–Crippen LogP) is 4.85. The van der Waals surface area contributed by atoms with Gasteiger partial charge in [0.1, 0.15) is 5.76 Å². The van der Waals surface area contributed by atoms with Crippen LogP contribution in [0, 0.1) is 24.2 Å².